The van der Waals surface area contributed by atoms with Crippen LogP contribution in [-0.2, 0) is 14.8 Å². The van der Waals surface area contributed by atoms with Crippen molar-refractivity contribution in [3.05, 3.63) is 18.3 Å². The average Bonchev–Trinajstić information content (AvgIpc) is 2.31. The maximum absolute atomic E-state index is 11.3. The molecular weight excluding hydrogens is 244 g/mol. The predicted molar refractivity (Wildman–Crippen MR) is 64.7 cm³/mol. The fourth-order valence-corrected chi connectivity index (χ4v) is 1.63. The summed E-state index contributed by atoms with van der Waals surface area (Å²) in [6.45, 7) is 2.45. The fraction of sp³-hybridized carbons (Fsp3) is 0.500. The van der Waals surface area contributed by atoms with Gasteiger partial charge in [0, 0.05) is 13.2 Å². The molecule has 6 nitrogen and oxygen atoms in total. The van der Waals surface area contributed by atoms with Crippen molar-refractivity contribution in [2.24, 2.45) is 0 Å². The average molecular weight is 260 g/mol. The van der Waals surface area contributed by atoms with E-state index in [2.05, 4.69) is 9.71 Å². The van der Waals surface area contributed by atoms with Crippen molar-refractivity contribution in [2.75, 3.05) is 30.8 Å². The van der Waals surface area contributed by atoms with Gasteiger partial charge in [0.05, 0.1) is 24.2 Å². The number of rotatable bonds is 7. The first-order valence-corrected chi connectivity index (χ1v) is 6.81. The van der Waals surface area contributed by atoms with Crippen LogP contribution >= 0.6 is 0 Å². The monoisotopic (exact) mass is 260 g/mol. The third-order valence-corrected chi connectivity index (χ3v) is 3.23. The molecular formula is C10H16N2O4S. The molecule has 0 atom stereocenters. The van der Waals surface area contributed by atoms with E-state index in [-0.39, 0.29) is 5.75 Å². The third-order valence-electron chi connectivity index (χ3n) is 1.93. The molecule has 1 heterocycles. The molecule has 96 valence electrons. The molecule has 0 bridgehead atoms. The van der Waals surface area contributed by atoms with Crippen molar-refractivity contribution in [2.45, 2.75) is 6.92 Å². The van der Waals surface area contributed by atoms with Crippen molar-refractivity contribution in [3.8, 4) is 5.88 Å². The van der Waals surface area contributed by atoms with Crippen molar-refractivity contribution >= 4 is 15.7 Å². The summed E-state index contributed by atoms with van der Waals surface area (Å²) in [7, 11) is -1.67. The molecule has 0 radical (unpaired) electrons. The summed E-state index contributed by atoms with van der Waals surface area (Å²) in [6, 6.07) is 3.20. The Kier molecular flexibility index (Phi) is 5.17. The summed E-state index contributed by atoms with van der Waals surface area (Å²) in [6.07, 6.45) is 1.41. The topological polar surface area (TPSA) is 77.5 Å². The summed E-state index contributed by atoms with van der Waals surface area (Å²) < 4.78 is 35.0. The molecule has 1 N–H and O–H groups in total. The summed E-state index contributed by atoms with van der Waals surface area (Å²) in [4.78, 5) is 3.96. The van der Waals surface area contributed by atoms with Gasteiger partial charge in [0.2, 0.25) is 15.9 Å². The molecule has 0 aliphatic heterocycles. The molecule has 1 aromatic rings. The van der Waals surface area contributed by atoms with Gasteiger partial charge in [0.1, 0.15) is 6.61 Å². The van der Waals surface area contributed by atoms with Gasteiger partial charge in [0.15, 0.2) is 0 Å². The van der Waals surface area contributed by atoms with Crippen LogP contribution in [0.4, 0.5) is 5.69 Å². The number of hydrogen-bond donors (Lipinski definition) is 1. The van der Waals surface area contributed by atoms with Crippen LogP contribution in [0.2, 0.25) is 0 Å². The summed E-state index contributed by atoms with van der Waals surface area (Å²) in [5.74, 6) is 0.459. The molecule has 0 unspecified atom stereocenters. The molecule has 0 aromatic carbocycles. The number of sulfonamides is 1. The van der Waals surface area contributed by atoms with E-state index in [1.54, 1.807) is 26.2 Å². The lowest BCUT2D eigenvalue weighted by molar-refractivity contribution is 0.144. The minimum Gasteiger partial charge on any atom is -0.475 e. The second-order valence-corrected chi connectivity index (χ2v) is 5.24. The summed E-state index contributed by atoms with van der Waals surface area (Å²) in [5, 5.41) is 0. The number of methoxy groups -OCH3 is 1. The standard InChI is InChI=1S/C10H16N2O4S/c1-3-17(13,14)12-9-4-5-10(11-8-9)16-7-6-15-2/h4-5,8,12H,3,6-7H2,1-2H3. The molecule has 0 fully saturated rings. The number of nitrogens with zero attached hydrogens (tertiary/aromatic N) is 1. The zero-order valence-electron chi connectivity index (χ0n) is 9.84. The van der Waals surface area contributed by atoms with E-state index in [0.29, 0.717) is 24.8 Å². The van der Waals surface area contributed by atoms with Gasteiger partial charge in [-0.25, -0.2) is 13.4 Å². The van der Waals surface area contributed by atoms with Gasteiger partial charge < -0.3 is 9.47 Å². The Morgan fingerprint density at radius 1 is 1.35 bits per heavy atom. The maximum atomic E-state index is 11.3. The minimum atomic E-state index is -3.26. The molecule has 7 heteroatoms. The van der Waals surface area contributed by atoms with Gasteiger partial charge in [0.25, 0.3) is 0 Å². The maximum Gasteiger partial charge on any atom is 0.232 e. The van der Waals surface area contributed by atoms with Gasteiger partial charge in [-0.05, 0) is 13.0 Å². The third kappa shape index (κ3) is 5.01. The number of aromatic nitrogens is 1. The van der Waals surface area contributed by atoms with E-state index in [0.717, 1.165) is 0 Å². The molecule has 1 rings (SSSR count). The van der Waals surface area contributed by atoms with Crippen LogP contribution in [-0.4, -0.2) is 39.5 Å². The summed E-state index contributed by atoms with van der Waals surface area (Å²) >= 11 is 0. The van der Waals surface area contributed by atoms with Crippen molar-refractivity contribution < 1.29 is 17.9 Å². The first-order chi connectivity index (χ1) is 8.07. The van der Waals surface area contributed by atoms with E-state index in [1.807, 2.05) is 0 Å². The highest BCUT2D eigenvalue weighted by Gasteiger charge is 2.06. The Balaban J connectivity index is 2.56. The number of anilines is 1. The SMILES string of the molecule is CCS(=O)(=O)Nc1ccc(OCCOC)nc1. The van der Waals surface area contributed by atoms with Crippen LogP contribution in [0.5, 0.6) is 5.88 Å². The highest BCUT2D eigenvalue weighted by molar-refractivity contribution is 7.92. The highest BCUT2D eigenvalue weighted by atomic mass is 32.2. The van der Waals surface area contributed by atoms with Crippen molar-refractivity contribution in [3.63, 3.8) is 0 Å². The van der Waals surface area contributed by atoms with Crippen LogP contribution in [0.1, 0.15) is 6.92 Å². The molecule has 17 heavy (non-hydrogen) atoms. The zero-order valence-corrected chi connectivity index (χ0v) is 10.7. The minimum absolute atomic E-state index is 0.0269. The first-order valence-electron chi connectivity index (χ1n) is 5.15. The normalized spacial score (nSPS) is 11.2. The van der Waals surface area contributed by atoms with Crippen molar-refractivity contribution in [1.29, 1.82) is 0 Å². The Morgan fingerprint density at radius 3 is 2.65 bits per heavy atom. The van der Waals surface area contributed by atoms with Crippen LogP contribution in [0.15, 0.2) is 18.3 Å². The number of nitrogens with one attached hydrogen (secondary N) is 1. The Hall–Kier alpha value is -1.34. The number of hydrogen-bond acceptors (Lipinski definition) is 5. The Labute approximate surface area is 101 Å². The lowest BCUT2D eigenvalue weighted by atomic mass is 10.4. The second-order valence-electron chi connectivity index (χ2n) is 3.23. The van der Waals surface area contributed by atoms with E-state index >= 15 is 0 Å². The predicted octanol–water partition coefficient (Wildman–Crippen LogP) is 0.868. The highest BCUT2D eigenvalue weighted by Crippen LogP contribution is 2.12. The van der Waals surface area contributed by atoms with Crippen LogP contribution in [0, 0.1) is 0 Å². The zero-order chi connectivity index (χ0) is 12.7. The van der Waals surface area contributed by atoms with Crippen LogP contribution in [0.25, 0.3) is 0 Å². The quantitative estimate of drug-likeness (QED) is 0.736. The smallest absolute Gasteiger partial charge is 0.232 e. The number of pyridine rings is 1. The second kappa shape index (κ2) is 6.41. The molecule has 0 saturated heterocycles. The lowest BCUT2D eigenvalue weighted by Crippen LogP contribution is -2.14. The molecule has 0 saturated carbocycles. The molecule has 1 aromatic heterocycles. The Morgan fingerprint density at radius 2 is 2.12 bits per heavy atom. The van der Waals surface area contributed by atoms with Crippen molar-refractivity contribution in [1.82, 2.24) is 4.98 Å². The molecule has 0 aliphatic carbocycles. The fourth-order valence-electron chi connectivity index (χ4n) is 1.01. The van der Waals surface area contributed by atoms with E-state index < -0.39 is 10.0 Å². The largest absolute Gasteiger partial charge is 0.475 e. The first kappa shape index (κ1) is 13.7. The van der Waals surface area contributed by atoms with Gasteiger partial charge in [-0.1, -0.05) is 0 Å². The molecule has 0 spiro atoms. The number of ether oxygens (including phenoxy) is 2. The Bertz CT molecular complexity index is 430. The van der Waals surface area contributed by atoms with Crippen LogP contribution in [0.3, 0.4) is 0 Å². The van der Waals surface area contributed by atoms with Gasteiger partial charge in [-0.15, -0.1) is 0 Å². The lowest BCUT2D eigenvalue weighted by Gasteiger charge is -2.07. The van der Waals surface area contributed by atoms with Crippen LogP contribution < -0.4 is 9.46 Å². The molecule has 0 amide bonds. The van der Waals surface area contributed by atoms with Gasteiger partial charge in [-0.3, -0.25) is 4.72 Å². The van der Waals surface area contributed by atoms with Gasteiger partial charge in [-0.2, -0.15) is 0 Å². The van der Waals surface area contributed by atoms with E-state index in [4.69, 9.17) is 9.47 Å². The summed E-state index contributed by atoms with van der Waals surface area (Å²) in [5.41, 5.74) is 0.422. The van der Waals surface area contributed by atoms with Gasteiger partial charge >= 0.3 is 0 Å². The molecule has 0 aliphatic rings. The van der Waals surface area contributed by atoms with E-state index in [1.165, 1.54) is 6.20 Å². The van der Waals surface area contributed by atoms with E-state index in [9.17, 15) is 8.42 Å².